The third-order valence-corrected chi connectivity index (χ3v) is 2.70. The Labute approximate surface area is 104 Å². The summed E-state index contributed by atoms with van der Waals surface area (Å²) in [7, 11) is 0. The van der Waals surface area contributed by atoms with Crippen molar-refractivity contribution in [3.63, 3.8) is 0 Å². The summed E-state index contributed by atoms with van der Waals surface area (Å²) in [5.74, 6) is -0.396. The average molecular weight is 238 g/mol. The van der Waals surface area contributed by atoms with E-state index in [0.717, 1.165) is 11.1 Å². The number of rotatable bonds is 3. The Kier molecular flexibility index (Phi) is 3.35. The number of nitriles is 1. The fraction of sp³-hybridized carbons (Fsp3) is 0.0714. The summed E-state index contributed by atoms with van der Waals surface area (Å²) in [4.78, 5) is 10.1. The molecule has 4 nitrogen and oxygen atoms in total. The van der Waals surface area contributed by atoms with Gasteiger partial charge in [0.25, 0.3) is 5.69 Å². The van der Waals surface area contributed by atoms with Crippen LogP contribution >= 0.6 is 0 Å². The maximum Gasteiger partial charge on any atom is 0.269 e. The van der Waals surface area contributed by atoms with Crippen molar-refractivity contribution in [3.05, 3.63) is 75.8 Å². The van der Waals surface area contributed by atoms with Gasteiger partial charge in [-0.15, -0.1) is 0 Å². The molecule has 2 rings (SSSR count). The van der Waals surface area contributed by atoms with Crippen LogP contribution < -0.4 is 0 Å². The molecular formula is C14H10N2O2. The van der Waals surface area contributed by atoms with Crippen molar-refractivity contribution in [1.82, 2.24) is 0 Å². The van der Waals surface area contributed by atoms with Gasteiger partial charge < -0.3 is 0 Å². The molecule has 1 unspecified atom stereocenters. The van der Waals surface area contributed by atoms with Crippen LogP contribution in [0, 0.1) is 21.4 Å². The van der Waals surface area contributed by atoms with Crippen molar-refractivity contribution < 1.29 is 4.92 Å². The van der Waals surface area contributed by atoms with Gasteiger partial charge in [-0.25, -0.2) is 0 Å². The van der Waals surface area contributed by atoms with Crippen LogP contribution in [0.1, 0.15) is 17.0 Å². The van der Waals surface area contributed by atoms with Crippen LogP contribution in [0.4, 0.5) is 5.69 Å². The molecule has 0 heterocycles. The van der Waals surface area contributed by atoms with Crippen molar-refractivity contribution in [1.29, 1.82) is 5.26 Å². The summed E-state index contributed by atoms with van der Waals surface area (Å²) < 4.78 is 0. The smallest absolute Gasteiger partial charge is 0.258 e. The van der Waals surface area contributed by atoms with Crippen LogP contribution in [0.5, 0.6) is 0 Å². The molecule has 4 heteroatoms. The topological polar surface area (TPSA) is 66.9 Å². The van der Waals surface area contributed by atoms with Crippen molar-refractivity contribution in [2.24, 2.45) is 0 Å². The standard InChI is InChI=1S/C14H10N2O2/c15-10-14(11-4-2-1-3-5-11)12-6-8-13(9-7-12)16(17)18/h1-9,14H. The zero-order valence-electron chi connectivity index (χ0n) is 9.48. The molecule has 0 radical (unpaired) electrons. The monoisotopic (exact) mass is 238 g/mol. The molecule has 0 aliphatic rings. The van der Waals surface area contributed by atoms with E-state index in [1.54, 1.807) is 12.1 Å². The van der Waals surface area contributed by atoms with Crippen LogP contribution in [0.15, 0.2) is 54.6 Å². The van der Waals surface area contributed by atoms with Gasteiger partial charge in [0, 0.05) is 12.1 Å². The summed E-state index contributed by atoms with van der Waals surface area (Å²) in [6.07, 6.45) is 0. The lowest BCUT2D eigenvalue weighted by atomic mass is 9.93. The zero-order valence-corrected chi connectivity index (χ0v) is 9.48. The summed E-state index contributed by atoms with van der Waals surface area (Å²) in [6.45, 7) is 0. The second-order valence-electron chi connectivity index (χ2n) is 3.82. The van der Waals surface area contributed by atoms with Gasteiger partial charge in [-0.2, -0.15) is 5.26 Å². The number of benzene rings is 2. The number of nitro benzene ring substituents is 1. The highest BCUT2D eigenvalue weighted by atomic mass is 16.6. The van der Waals surface area contributed by atoms with Gasteiger partial charge in [0.2, 0.25) is 0 Å². The summed E-state index contributed by atoms with van der Waals surface area (Å²) >= 11 is 0. The number of nitro groups is 1. The maximum atomic E-state index is 10.6. The normalized spacial score (nSPS) is 11.5. The van der Waals surface area contributed by atoms with Crippen LogP contribution in [-0.2, 0) is 0 Å². The van der Waals surface area contributed by atoms with Gasteiger partial charge in [0.05, 0.1) is 16.9 Å². The highest BCUT2D eigenvalue weighted by molar-refractivity contribution is 5.42. The summed E-state index contributed by atoms with van der Waals surface area (Å²) in [5.41, 5.74) is 1.67. The summed E-state index contributed by atoms with van der Waals surface area (Å²) in [5, 5.41) is 19.8. The molecule has 0 aliphatic carbocycles. The fourth-order valence-electron chi connectivity index (χ4n) is 1.78. The molecule has 0 fully saturated rings. The molecule has 18 heavy (non-hydrogen) atoms. The van der Waals surface area contributed by atoms with Gasteiger partial charge in [0.15, 0.2) is 0 Å². The lowest BCUT2D eigenvalue weighted by Gasteiger charge is -2.09. The second kappa shape index (κ2) is 5.11. The second-order valence-corrected chi connectivity index (χ2v) is 3.82. The highest BCUT2D eigenvalue weighted by Gasteiger charge is 2.14. The van der Waals surface area contributed by atoms with Crippen LogP contribution in [0.25, 0.3) is 0 Å². The van der Waals surface area contributed by atoms with Gasteiger partial charge in [-0.3, -0.25) is 10.1 Å². The van der Waals surface area contributed by atoms with Crippen molar-refractivity contribution >= 4 is 5.69 Å². The highest BCUT2D eigenvalue weighted by Crippen LogP contribution is 2.25. The predicted octanol–water partition coefficient (Wildman–Crippen LogP) is 3.25. The first-order valence-electron chi connectivity index (χ1n) is 5.41. The third-order valence-electron chi connectivity index (χ3n) is 2.70. The van der Waals surface area contributed by atoms with Crippen molar-refractivity contribution in [2.75, 3.05) is 0 Å². The molecule has 0 spiro atoms. The van der Waals surface area contributed by atoms with Gasteiger partial charge in [-0.1, -0.05) is 42.5 Å². The number of hydrogen-bond donors (Lipinski definition) is 0. The van der Waals surface area contributed by atoms with Crippen LogP contribution in [0.2, 0.25) is 0 Å². The van der Waals surface area contributed by atoms with E-state index in [9.17, 15) is 15.4 Å². The lowest BCUT2D eigenvalue weighted by molar-refractivity contribution is -0.384. The Morgan fingerprint density at radius 2 is 1.56 bits per heavy atom. The quantitative estimate of drug-likeness (QED) is 0.608. The molecule has 1 atom stereocenters. The van der Waals surface area contributed by atoms with E-state index in [-0.39, 0.29) is 5.69 Å². The molecular weight excluding hydrogens is 228 g/mol. The number of nitrogens with zero attached hydrogens (tertiary/aromatic N) is 2. The lowest BCUT2D eigenvalue weighted by Crippen LogP contribution is -1.98. The minimum Gasteiger partial charge on any atom is -0.258 e. The third kappa shape index (κ3) is 2.36. The SMILES string of the molecule is N#CC(c1ccccc1)c1ccc([N+](=O)[O-])cc1. The largest absolute Gasteiger partial charge is 0.269 e. The Hall–Kier alpha value is -2.67. The summed E-state index contributed by atoms with van der Waals surface area (Å²) in [6, 6.07) is 17.7. The molecule has 2 aromatic rings. The zero-order chi connectivity index (χ0) is 13.0. The number of hydrogen-bond acceptors (Lipinski definition) is 3. The first-order chi connectivity index (χ1) is 8.72. The van der Waals surface area contributed by atoms with Gasteiger partial charge in [-0.05, 0) is 11.1 Å². The van der Waals surface area contributed by atoms with E-state index in [1.807, 2.05) is 30.3 Å². The van der Waals surface area contributed by atoms with E-state index >= 15 is 0 Å². The van der Waals surface area contributed by atoms with Crippen molar-refractivity contribution in [2.45, 2.75) is 5.92 Å². The Morgan fingerprint density at radius 3 is 2.06 bits per heavy atom. The Bertz CT molecular complexity index is 585. The molecule has 2 aromatic carbocycles. The van der Waals surface area contributed by atoms with E-state index in [1.165, 1.54) is 12.1 Å². The molecule has 0 N–H and O–H groups in total. The molecule has 0 bridgehead atoms. The molecule has 0 amide bonds. The number of non-ortho nitro benzene ring substituents is 1. The van der Waals surface area contributed by atoms with Gasteiger partial charge >= 0.3 is 0 Å². The molecule has 0 saturated heterocycles. The average Bonchev–Trinajstić information content (AvgIpc) is 2.41. The van der Waals surface area contributed by atoms with Crippen LogP contribution in [0.3, 0.4) is 0 Å². The Balaban J connectivity index is 2.35. The fourth-order valence-corrected chi connectivity index (χ4v) is 1.78. The van der Waals surface area contributed by atoms with E-state index < -0.39 is 10.8 Å². The minimum absolute atomic E-state index is 0.0310. The predicted molar refractivity (Wildman–Crippen MR) is 67.0 cm³/mol. The first-order valence-corrected chi connectivity index (χ1v) is 5.41. The van der Waals surface area contributed by atoms with E-state index in [0.29, 0.717) is 0 Å². The molecule has 0 aromatic heterocycles. The molecule has 0 saturated carbocycles. The maximum absolute atomic E-state index is 10.6. The molecule has 88 valence electrons. The minimum atomic E-state index is -0.451. The van der Waals surface area contributed by atoms with Crippen LogP contribution in [-0.4, -0.2) is 4.92 Å². The van der Waals surface area contributed by atoms with E-state index in [4.69, 9.17) is 0 Å². The van der Waals surface area contributed by atoms with Gasteiger partial charge in [0.1, 0.15) is 0 Å². The molecule has 0 aliphatic heterocycles. The Morgan fingerprint density at radius 1 is 1.00 bits per heavy atom. The van der Waals surface area contributed by atoms with E-state index in [2.05, 4.69) is 6.07 Å². The first kappa shape index (κ1) is 11.8. The van der Waals surface area contributed by atoms with Crippen molar-refractivity contribution in [3.8, 4) is 6.07 Å².